The third-order valence-corrected chi connectivity index (χ3v) is 5.46. The van der Waals surface area contributed by atoms with Crippen LogP contribution < -0.4 is 0 Å². The Bertz CT molecular complexity index is 437. The highest BCUT2D eigenvalue weighted by molar-refractivity contribution is 7.10. The largest absolute Gasteiger partial charge is 0.389 e. The van der Waals surface area contributed by atoms with E-state index in [0.717, 1.165) is 32.7 Å². The van der Waals surface area contributed by atoms with Crippen LogP contribution in [-0.4, -0.2) is 66.4 Å². The molecule has 112 valence electrons. The summed E-state index contributed by atoms with van der Waals surface area (Å²) in [6, 6.07) is 2.41. The second-order valence-corrected chi connectivity index (χ2v) is 6.87. The zero-order valence-electron chi connectivity index (χ0n) is 12.1. The lowest BCUT2D eigenvalue weighted by Crippen LogP contribution is -2.44. The van der Waals surface area contributed by atoms with Crippen molar-refractivity contribution in [2.75, 3.05) is 39.4 Å². The SMILES string of the molecule is Cc1ccsc1CN1CCCN([C@@H]2COC[C@H]2O)CC1. The molecule has 3 rings (SSSR count). The van der Waals surface area contributed by atoms with E-state index in [1.807, 2.05) is 11.3 Å². The molecule has 0 bridgehead atoms. The maximum atomic E-state index is 9.96. The Hall–Kier alpha value is -0.460. The fourth-order valence-electron chi connectivity index (χ4n) is 3.13. The molecule has 3 heterocycles. The van der Waals surface area contributed by atoms with Crippen molar-refractivity contribution in [2.24, 2.45) is 0 Å². The molecule has 1 N–H and O–H groups in total. The molecule has 5 heteroatoms. The topological polar surface area (TPSA) is 35.9 Å². The van der Waals surface area contributed by atoms with Gasteiger partial charge in [-0.05, 0) is 43.4 Å². The third-order valence-electron chi connectivity index (χ3n) is 4.45. The van der Waals surface area contributed by atoms with Crippen molar-refractivity contribution in [3.8, 4) is 0 Å². The van der Waals surface area contributed by atoms with Crippen molar-refractivity contribution >= 4 is 11.3 Å². The molecular weight excluding hydrogens is 272 g/mol. The maximum Gasteiger partial charge on any atom is 0.0950 e. The average Bonchev–Trinajstić information content (AvgIpc) is 2.95. The van der Waals surface area contributed by atoms with Gasteiger partial charge in [-0.15, -0.1) is 11.3 Å². The van der Waals surface area contributed by atoms with E-state index >= 15 is 0 Å². The first-order valence-electron chi connectivity index (χ1n) is 7.49. The molecule has 2 aliphatic heterocycles. The van der Waals surface area contributed by atoms with E-state index in [1.54, 1.807) is 0 Å². The van der Waals surface area contributed by atoms with Crippen molar-refractivity contribution in [1.82, 2.24) is 9.80 Å². The number of aliphatic hydroxyl groups excluding tert-OH is 1. The van der Waals surface area contributed by atoms with Crippen molar-refractivity contribution in [2.45, 2.75) is 32.0 Å². The van der Waals surface area contributed by atoms with Gasteiger partial charge in [0.1, 0.15) is 0 Å². The molecule has 2 aliphatic rings. The van der Waals surface area contributed by atoms with Crippen LogP contribution in [0.25, 0.3) is 0 Å². The molecule has 2 fully saturated rings. The number of ether oxygens (including phenoxy) is 1. The summed E-state index contributed by atoms with van der Waals surface area (Å²) in [5.41, 5.74) is 1.41. The zero-order valence-corrected chi connectivity index (χ0v) is 12.9. The summed E-state index contributed by atoms with van der Waals surface area (Å²) in [4.78, 5) is 6.45. The minimum absolute atomic E-state index is 0.207. The monoisotopic (exact) mass is 296 g/mol. The van der Waals surface area contributed by atoms with Crippen LogP contribution in [0.3, 0.4) is 0 Å². The Morgan fingerprint density at radius 1 is 1.30 bits per heavy atom. The normalized spacial score (nSPS) is 29.7. The Kier molecular flexibility index (Phi) is 4.73. The number of rotatable bonds is 3. The second kappa shape index (κ2) is 6.54. The second-order valence-electron chi connectivity index (χ2n) is 5.86. The number of thiophene rings is 1. The third kappa shape index (κ3) is 3.23. The molecule has 2 atom stereocenters. The Morgan fingerprint density at radius 2 is 2.20 bits per heavy atom. The standard InChI is InChI=1S/C15H24N2O2S/c1-12-3-8-20-15(12)9-16-4-2-5-17(7-6-16)13-10-19-11-14(13)18/h3,8,13-14,18H,2,4-7,9-11H2,1H3/t13-,14-/m1/s1. The van der Waals surface area contributed by atoms with Crippen molar-refractivity contribution in [3.05, 3.63) is 21.9 Å². The minimum atomic E-state index is -0.305. The van der Waals surface area contributed by atoms with Gasteiger partial charge in [-0.3, -0.25) is 9.80 Å². The molecule has 0 aliphatic carbocycles. The van der Waals surface area contributed by atoms with E-state index in [-0.39, 0.29) is 12.1 Å². The average molecular weight is 296 g/mol. The van der Waals surface area contributed by atoms with E-state index in [4.69, 9.17) is 4.74 Å². The van der Waals surface area contributed by atoms with E-state index in [9.17, 15) is 5.11 Å². The molecule has 0 amide bonds. The summed E-state index contributed by atoms with van der Waals surface area (Å²) in [6.07, 6.45) is 0.870. The van der Waals surface area contributed by atoms with Crippen LogP contribution in [0.15, 0.2) is 11.4 Å². The van der Waals surface area contributed by atoms with E-state index in [1.165, 1.54) is 16.9 Å². The fraction of sp³-hybridized carbons (Fsp3) is 0.733. The molecule has 0 aromatic carbocycles. The van der Waals surface area contributed by atoms with Crippen molar-refractivity contribution in [1.29, 1.82) is 0 Å². The number of nitrogens with zero attached hydrogens (tertiary/aromatic N) is 2. The van der Waals surface area contributed by atoms with Crippen LogP contribution in [0, 0.1) is 6.92 Å². The molecule has 0 spiro atoms. The summed E-state index contributed by atoms with van der Waals surface area (Å²) in [5.74, 6) is 0. The summed E-state index contributed by atoms with van der Waals surface area (Å²) < 4.78 is 5.39. The van der Waals surface area contributed by atoms with Gasteiger partial charge in [-0.2, -0.15) is 0 Å². The number of aryl methyl sites for hydroxylation is 1. The van der Waals surface area contributed by atoms with Crippen LogP contribution in [0.5, 0.6) is 0 Å². The van der Waals surface area contributed by atoms with Gasteiger partial charge in [0, 0.05) is 24.5 Å². The van der Waals surface area contributed by atoms with Crippen LogP contribution in [0.4, 0.5) is 0 Å². The quantitative estimate of drug-likeness (QED) is 0.913. The lowest BCUT2D eigenvalue weighted by Gasteiger charge is -2.28. The maximum absolute atomic E-state index is 9.96. The molecule has 0 radical (unpaired) electrons. The van der Waals surface area contributed by atoms with Crippen LogP contribution >= 0.6 is 11.3 Å². The lowest BCUT2D eigenvalue weighted by atomic mass is 10.2. The first-order valence-corrected chi connectivity index (χ1v) is 8.37. The van der Waals surface area contributed by atoms with E-state index < -0.39 is 0 Å². The van der Waals surface area contributed by atoms with Gasteiger partial charge in [-0.25, -0.2) is 0 Å². The van der Waals surface area contributed by atoms with Gasteiger partial charge in [0.25, 0.3) is 0 Å². The first kappa shape index (κ1) is 14.5. The van der Waals surface area contributed by atoms with Crippen molar-refractivity contribution < 1.29 is 9.84 Å². The number of hydrogen-bond acceptors (Lipinski definition) is 5. The summed E-state index contributed by atoms with van der Waals surface area (Å²) in [5, 5.41) is 12.1. The van der Waals surface area contributed by atoms with E-state index in [0.29, 0.717) is 13.2 Å². The predicted octanol–water partition coefficient (Wildman–Crippen LogP) is 1.32. The van der Waals surface area contributed by atoms with Gasteiger partial charge in [0.05, 0.1) is 25.4 Å². The van der Waals surface area contributed by atoms with Gasteiger partial charge >= 0.3 is 0 Å². The molecule has 1 aromatic rings. The summed E-state index contributed by atoms with van der Waals surface area (Å²) in [7, 11) is 0. The Labute approximate surface area is 125 Å². The first-order chi connectivity index (χ1) is 9.74. The highest BCUT2D eigenvalue weighted by Crippen LogP contribution is 2.20. The van der Waals surface area contributed by atoms with E-state index in [2.05, 4.69) is 28.2 Å². The lowest BCUT2D eigenvalue weighted by molar-refractivity contribution is 0.0837. The van der Waals surface area contributed by atoms with Gasteiger partial charge in [0.2, 0.25) is 0 Å². The summed E-state index contributed by atoms with van der Waals surface area (Å²) in [6.45, 7) is 8.80. The molecule has 2 saturated heterocycles. The highest BCUT2D eigenvalue weighted by Gasteiger charge is 2.32. The number of aliphatic hydroxyl groups is 1. The molecule has 20 heavy (non-hydrogen) atoms. The Balaban J connectivity index is 1.55. The molecule has 0 saturated carbocycles. The highest BCUT2D eigenvalue weighted by atomic mass is 32.1. The Morgan fingerprint density at radius 3 is 2.90 bits per heavy atom. The predicted molar refractivity (Wildman–Crippen MR) is 81.1 cm³/mol. The smallest absolute Gasteiger partial charge is 0.0950 e. The van der Waals surface area contributed by atoms with Gasteiger partial charge in [0.15, 0.2) is 0 Å². The van der Waals surface area contributed by atoms with Gasteiger partial charge in [-0.1, -0.05) is 0 Å². The summed E-state index contributed by atoms with van der Waals surface area (Å²) >= 11 is 1.86. The molecular formula is C15H24N2O2S. The van der Waals surface area contributed by atoms with Crippen LogP contribution in [0.2, 0.25) is 0 Å². The van der Waals surface area contributed by atoms with Crippen molar-refractivity contribution in [3.63, 3.8) is 0 Å². The van der Waals surface area contributed by atoms with Crippen LogP contribution in [-0.2, 0) is 11.3 Å². The fourth-order valence-corrected chi connectivity index (χ4v) is 4.08. The molecule has 1 aromatic heterocycles. The minimum Gasteiger partial charge on any atom is -0.389 e. The zero-order chi connectivity index (χ0) is 13.9. The molecule has 4 nitrogen and oxygen atoms in total. The molecule has 0 unspecified atom stereocenters. The number of hydrogen-bond donors (Lipinski definition) is 1. The van der Waals surface area contributed by atoms with Crippen LogP contribution in [0.1, 0.15) is 16.9 Å². The van der Waals surface area contributed by atoms with Gasteiger partial charge < -0.3 is 9.84 Å².